The highest BCUT2D eigenvalue weighted by Crippen LogP contribution is 2.23. The van der Waals surface area contributed by atoms with Gasteiger partial charge in [-0.15, -0.1) is 0 Å². The van der Waals surface area contributed by atoms with E-state index in [0.29, 0.717) is 12.0 Å². The van der Waals surface area contributed by atoms with Gasteiger partial charge < -0.3 is 0 Å². The number of benzene rings is 1. The van der Waals surface area contributed by atoms with Crippen LogP contribution in [-0.2, 0) is 6.42 Å². The van der Waals surface area contributed by atoms with E-state index in [2.05, 4.69) is 15.9 Å². The predicted molar refractivity (Wildman–Crippen MR) is 70.6 cm³/mol. The number of amides is 1. The number of aryl methyl sites for hydroxylation is 1. The molecule has 0 atom stereocenters. The molecule has 1 rings (SSSR count). The molecule has 0 heterocycles. The molecule has 1 aromatic rings. The van der Waals surface area contributed by atoms with Crippen molar-refractivity contribution in [3.63, 3.8) is 0 Å². The van der Waals surface area contributed by atoms with Crippen molar-refractivity contribution >= 4 is 21.8 Å². The van der Waals surface area contributed by atoms with E-state index in [4.69, 9.17) is 0 Å². The van der Waals surface area contributed by atoms with Gasteiger partial charge in [-0.05, 0) is 44.9 Å². The molecule has 1 aromatic carbocycles. The van der Waals surface area contributed by atoms with Crippen molar-refractivity contribution in [2.75, 3.05) is 0 Å². The minimum atomic E-state index is -0.829. The van der Waals surface area contributed by atoms with Crippen molar-refractivity contribution < 1.29 is 9.28 Å². The molecule has 1 amide bonds. The largest absolute Gasteiger partial charge is 0.282 e. The molecule has 0 aromatic heterocycles. The lowest BCUT2D eigenvalue weighted by Crippen LogP contribution is -2.39. The van der Waals surface area contributed by atoms with Gasteiger partial charge in [-0.25, -0.2) is 0 Å². The first-order valence-corrected chi connectivity index (χ1v) is 6.35. The summed E-state index contributed by atoms with van der Waals surface area (Å²) < 4.78 is 14.7. The highest BCUT2D eigenvalue weighted by atomic mass is 79.9. The number of halogens is 2. The quantitative estimate of drug-likeness (QED) is 0.752. The summed E-state index contributed by atoms with van der Waals surface area (Å²) in [6.45, 7) is 6.93. The van der Waals surface area contributed by atoms with Crippen LogP contribution in [0.4, 0.5) is 4.48 Å². The molecule has 0 spiro atoms. The third-order valence-corrected chi connectivity index (χ3v) is 2.94. The first-order valence-electron chi connectivity index (χ1n) is 5.56. The van der Waals surface area contributed by atoms with Gasteiger partial charge in [0.05, 0.1) is 5.54 Å². The Morgan fingerprint density at radius 1 is 1.41 bits per heavy atom. The van der Waals surface area contributed by atoms with E-state index in [0.717, 1.165) is 10.0 Å². The van der Waals surface area contributed by atoms with Crippen molar-refractivity contribution in [3.8, 4) is 0 Å². The molecule has 0 aliphatic rings. The Kier molecular flexibility index (Phi) is 4.31. The van der Waals surface area contributed by atoms with Gasteiger partial charge in [-0.2, -0.15) is 5.12 Å². The van der Waals surface area contributed by atoms with E-state index in [9.17, 15) is 9.28 Å². The van der Waals surface area contributed by atoms with E-state index in [1.807, 2.05) is 19.1 Å². The van der Waals surface area contributed by atoms with Crippen LogP contribution in [0.15, 0.2) is 22.7 Å². The van der Waals surface area contributed by atoms with Crippen LogP contribution < -0.4 is 0 Å². The van der Waals surface area contributed by atoms with Crippen LogP contribution in [0.5, 0.6) is 0 Å². The van der Waals surface area contributed by atoms with Crippen LogP contribution in [0.1, 0.15) is 43.6 Å². The molecule has 17 heavy (non-hydrogen) atoms. The fourth-order valence-electron chi connectivity index (χ4n) is 1.47. The SMILES string of the molecule is CCc1ccc(Br)cc1C(=O)N(F)C(C)(C)C. The fraction of sp³-hybridized carbons (Fsp3) is 0.462. The average Bonchev–Trinajstić information content (AvgIpc) is 2.25. The molecule has 0 N–H and O–H groups in total. The predicted octanol–water partition coefficient (Wildman–Crippen LogP) is 4.14. The molecular formula is C13H17BrFNO. The topological polar surface area (TPSA) is 20.3 Å². The lowest BCUT2D eigenvalue weighted by atomic mass is 10.0. The van der Waals surface area contributed by atoms with E-state index in [1.54, 1.807) is 26.8 Å². The van der Waals surface area contributed by atoms with Crippen LogP contribution in [0.3, 0.4) is 0 Å². The van der Waals surface area contributed by atoms with Gasteiger partial charge in [-0.1, -0.05) is 33.4 Å². The monoisotopic (exact) mass is 301 g/mol. The summed E-state index contributed by atoms with van der Waals surface area (Å²) >= 11 is 3.30. The Morgan fingerprint density at radius 3 is 2.47 bits per heavy atom. The van der Waals surface area contributed by atoms with Gasteiger partial charge in [0.25, 0.3) is 5.91 Å². The zero-order valence-corrected chi connectivity index (χ0v) is 12.1. The average molecular weight is 302 g/mol. The Morgan fingerprint density at radius 2 is 2.00 bits per heavy atom. The zero-order chi connectivity index (χ0) is 13.2. The summed E-state index contributed by atoms with van der Waals surface area (Å²) in [5, 5.41) is 0.286. The number of nitrogens with zero attached hydrogens (tertiary/aromatic N) is 1. The lowest BCUT2D eigenvalue weighted by Gasteiger charge is -2.27. The summed E-state index contributed by atoms with van der Waals surface area (Å²) in [6.07, 6.45) is 0.701. The first-order chi connectivity index (χ1) is 7.77. The summed E-state index contributed by atoms with van der Waals surface area (Å²) in [4.78, 5) is 12.1. The third kappa shape index (κ3) is 3.28. The lowest BCUT2D eigenvalue weighted by molar-refractivity contribution is -0.0322. The van der Waals surface area contributed by atoms with Crippen molar-refractivity contribution in [2.24, 2.45) is 0 Å². The van der Waals surface area contributed by atoms with Crippen LogP contribution in [0.25, 0.3) is 0 Å². The Balaban J connectivity index is 3.16. The van der Waals surface area contributed by atoms with Gasteiger partial charge in [0.2, 0.25) is 0 Å². The highest BCUT2D eigenvalue weighted by Gasteiger charge is 2.29. The minimum Gasteiger partial charge on any atom is -0.266 e. The summed E-state index contributed by atoms with van der Waals surface area (Å²) in [5.41, 5.74) is 0.439. The van der Waals surface area contributed by atoms with Gasteiger partial charge >= 0.3 is 0 Å². The standard InChI is InChI=1S/C13H17BrFNO/c1-5-9-6-7-10(14)8-11(9)12(17)16(15)13(2,3)4/h6-8H,5H2,1-4H3. The third-order valence-electron chi connectivity index (χ3n) is 2.45. The molecule has 0 unspecified atom stereocenters. The van der Waals surface area contributed by atoms with Crippen molar-refractivity contribution in [2.45, 2.75) is 39.7 Å². The van der Waals surface area contributed by atoms with Gasteiger partial charge in [0.15, 0.2) is 0 Å². The molecule has 4 heteroatoms. The molecule has 0 radical (unpaired) electrons. The molecule has 0 aliphatic heterocycles. The Labute approximate surface area is 110 Å². The number of hydrogen-bond acceptors (Lipinski definition) is 1. The first kappa shape index (κ1) is 14.2. The summed E-state index contributed by atoms with van der Waals surface area (Å²) in [5.74, 6) is -0.587. The number of carbonyl (C=O) groups is 1. The second kappa shape index (κ2) is 5.17. The van der Waals surface area contributed by atoms with Crippen LogP contribution in [-0.4, -0.2) is 16.6 Å². The van der Waals surface area contributed by atoms with Crippen LogP contribution >= 0.6 is 15.9 Å². The zero-order valence-electron chi connectivity index (χ0n) is 10.6. The molecule has 0 saturated heterocycles. The molecule has 0 fully saturated rings. The van der Waals surface area contributed by atoms with Crippen molar-refractivity contribution in [1.82, 2.24) is 5.12 Å². The number of rotatable bonds is 2. The van der Waals surface area contributed by atoms with E-state index >= 15 is 0 Å². The van der Waals surface area contributed by atoms with Crippen LogP contribution in [0, 0.1) is 0 Å². The second-order valence-electron chi connectivity index (χ2n) is 4.91. The highest BCUT2D eigenvalue weighted by molar-refractivity contribution is 9.10. The second-order valence-corrected chi connectivity index (χ2v) is 5.83. The van der Waals surface area contributed by atoms with Gasteiger partial charge in [0.1, 0.15) is 0 Å². The maximum atomic E-state index is 13.9. The summed E-state index contributed by atoms with van der Waals surface area (Å²) in [7, 11) is 0. The van der Waals surface area contributed by atoms with Crippen LogP contribution in [0.2, 0.25) is 0 Å². The number of hydrogen-bond donors (Lipinski definition) is 0. The van der Waals surface area contributed by atoms with Crippen molar-refractivity contribution in [3.05, 3.63) is 33.8 Å². The normalized spacial score (nSPS) is 11.4. The Hall–Kier alpha value is -0.900. The van der Waals surface area contributed by atoms with Crippen molar-refractivity contribution in [1.29, 1.82) is 0 Å². The molecule has 0 aliphatic carbocycles. The maximum Gasteiger partial charge on any atom is 0.282 e. The van der Waals surface area contributed by atoms with Gasteiger partial charge in [-0.3, -0.25) is 4.79 Å². The van der Waals surface area contributed by atoms with E-state index in [-0.39, 0.29) is 5.12 Å². The fourth-order valence-corrected chi connectivity index (χ4v) is 1.83. The molecule has 94 valence electrons. The van der Waals surface area contributed by atoms with Gasteiger partial charge in [0, 0.05) is 10.0 Å². The molecule has 0 bridgehead atoms. The number of carbonyl (C=O) groups excluding carboxylic acids is 1. The maximum absolute atomic E-state index is 13.9. The smallest absolute Gasteiger partial charge is 0.266 e. The van der Waals surface area contributed by atoms with E-state index < -0.39 is 11.4 Å². The Bertz CT molecular complexity index is 426. The summed E-state index contributed by atoms with van der Waals surface area (Å²) in [6, 6.07) is 5.36. The van der Waals surface area contributed by atoms with E-state index in [1.165, 1.54) is 0 Å². The minimum absolute atomic E-state index is 0.286. The molecule has 0 saturated carbocycles. The molecular weight excluding hydrogens is 285 g/mol. The molecule has 2 nitrogen and oxygen atoms in total.